The van der Waals surface area contributed by atoms with E-state index in [0.717, 1.165) is 61.0 Å². The average Bonchev–Trinajstić information content (AvgIpc) is 3.66. The molecule has 4 aromatic heterocycles. The smallest absolute Gasteiger partial charge is 0.199 e. The first-order chi connectivity index (χ1) is 20.1. The monoisotopic (exact) mass is 540 g/mol. The fraction of sp³-hybridized carbons (Fsp3) is 0.242. The summed E-state index contributed by atoms with van der Waals surface area (Å²) >= 11 is 0. The molecule has 1 aliphatic rings. The van der Waals surface area contributed by atoms with Crippen molar-refractivity contribution in [2.75, 3.05) is 13.1 Å². The minimum Gasteiger partial charge on any atom is -0.299 e. The Kier molecular flexibility index (Phi) is 6.60. The number of likely N-dealkylation sites (tertiary alicyclic amines) is 1. The predicted molar refractivity (Wildman–Crippen MR) is 160 cm³/mol. The van der Waals surface area contributed by atoms with E-state index in [4.69, 9.17) is 4.98 Å². The molecule has 1 fully saturated rings. The van der Waals surface area contributed by atoms with Gasteiger partial charge in [0.05, 0.1) is 11.9 Å². The average molecular weight is 541 g/mol. The molecule has 0 atom stereocenters. The number of nitrogens with zero attached hydrogens (tertiary/aromatic N) is 7. The van der Waals surface area contributed by atoms with Gasteiger partial charge in [-0.2, -0.15) is 10.2 Å². The fourth-order valence-electron chi connectivity index (χ4n) is 5.90. The summed E-state index contributed by atoms with van der Waals surface area (Å²) in [5, 5.41) is 12.2. The van der Waals surface area contributed by atoms with Crippen LogP contribution in [0.5, 0.6) is 0 Å². The molecule has 204 valence electrons. The van der Waals surface area contributed by atoms with Gasteiger partial charge in [0, 0.05) is 29.9 Å². The number of H-pyrrole nitrogens is 1. The molecule has 0 saturated carbocycles. The topological polar surface area (TPSA) is 87.9 Å². The van der Waals surface area contributed by atoms with Crippen LogP contribution in [0.1, 0.15) is 41.4 Å². The molecular formula is C33H32N8. The number of nitrogens with one attached hydrogen (secondary N) is 1. The molecule has 5 heterocycles. The van der Waals surface area contributed by atoms with Gasteiger partial charge in [-0.25, -0.2) is 19.5 Å². The van der Waals surface area contributed by atoms with Crippen LogP contribution < -0.4 is 0 Å². The molecule has 0 bridgehead atoms. The molecule has 8 heteroatoms. The lowest BCUT2D eigenvalue weighted by Crippen LogP contribution is -2.32. The SMILES string of the molecule is Cc1cccc(-c2n[nH]c(C3CCN(Cc4ccc(-c5cccc(C)c5-c5cnc6cccnn56)cc4)CC3)n2)n1. The largest absolute Gasteiger partial charge is 0.299 e. The Bertz CT molecular complexity index is 1810. The molecule has 0 unspecified atom stereocenters. The Morgan fingerprint density at radius 2 is 1.71 bits per heavy atom. The van der Waals surface area contributed by atoms with Crippen LogP contribution in [0.2, 0.25) is 0 Å². The summed E-state index contributed by atoms with van der Waals surface area (Å²) in [7, 11) is 0. The van der Waals surface area contributed by atoms with Crippen molar-refractivity contribution >= 4 is 5.65 Å². The molecule has 7 rings (SSSR count). The number of aromatic nitrogens is 7. The second-order valence-electron chi connectivity index (χ2n) is 10.9. The van der Waals surface area contributed by atoms with Crippen LogP contribution in [0.3, 0.4) is 0 Å². The zero-order valence-corrected chi connectivity index (χ0v) is 23.3. The molecule has 1 N–H and O–H groups in total. The van der Waals surface area contributed by atoms with E-state index in [1.54, 1.807) is 6.20 Å². The van der Waals surface area contributed by atoms with Gasteiger partial charge in [0.1, 0.15) is 11.5 Å². The maximum Gasteiger partial charge on any atom is 0.199 e. The van der Waals surface area contributed by atoms with E-state index in [9.17, 15) is 0 Å². The lowest BCUT2D eigenvalue weighted by molar-refractivity contribution is 0.202. The van der Waals surface area contributed by atoms with Crippen LogP contribution >= 0.6 is 0 Å². The predicted octanol–water partition coefficient (Wildman–Crippen LogP) is 6.24. The van der Waals surface area contributed by atoms with Gasteiger partial charge in [-0.1, -0.05) is 48.5 Å². The van der Waals surface area contributed by atoms with E-state index in [1.165, 1.54) is 27.8 Å². The van der Waals surface area contributed by atoms with Gasteiger partial charge in [-0.05, 0) is 86.3 Å². The summed E-state index contributed by atoms with van der Waals surface area (Å²) in [6.07, 6.45) is 5.85. The number of fused-ring (bicyclic) bond motifs is 1. The van der Waals surface area contributed by atoms with Crippen LogP contribution in [0.25, 0.3) is 39.5 Å². The number of aryl methyl sites for hydroxylation is 2. The lowest BCUT2D eigenvalue weighted by Gasteiger charge is -2.31. The highest BCUT2D eigenvalue weighted by Gasteiger charge is 2.24. The highest BCUT2D eigenvalue weighted by molar-refractivity contribution is 5.85. The highest BCUT2D eigenvalue weighted by atomic mass is 15.3. The standard InChI is InChI=1S/C33H32N8/c1-22-6-3-8-27(31(22)29-20-34-30-10-5-17-35-41(29)30)25-13-11-24(12-14-25)21-40-18-15-26(16-19-40)32-37-33(39-38-32)28-9-4-7-23(2)36-28/h3-14,17,20,26H,15-16,18-19,21H2,1-2H3,(H,37,38,39). The van der Waals surface area contributed by atoms with Crippen molar-refractivity contribution in [3.63, 3.8) is 0 Å². The molecule has 0 radical (unpaired) electrons. The molecule has 2 aromatic carbocycles. The first-order valence-corrected chi connectivity index (χ1v) is 14.2. The third-order valence-electron chi connectivity index (χ3n) is 8.07. The van der Waals surface area contributed by atoms with E-state index in [2.05, 4.69) is 79.6 Å². The van der Waals surface area contributed by atoms with Gasteiger partial charge in [0.2, 0.25) is 0 Å². The van der Waals surface area contributed by atoms with Crippen LogP contribution in [0.15, 0.2) is 85.2 Å². The van der Waals surface area contributed by atoms with E-state index in [1.807, 2.05) is 48.0 Å². The van der Waals surface area contributed by atoms with E-state index < -0.39 is 0 Å². The van der Waals surface area contributed by atoms with Gasteiger partial charge >= 0.3 is 0 Å². The number of pyridine rings is 1. The molecule has 0 amide bonds. The van der Waals surface area contributed by atoms with Crippen molar-refractivity contribution in [1.82, 2.24) is 39.7 Å². The summed E-state index contributed by atoms with van der Waals surface area (Å²) in [6, 6.07) is 25.3. The summed E-state index contributed by atoms with van der Waals surface area (Å²) in [5.41, 5.74) is 9.74. The third kappa shape index (κ3) is 5.02. The first kappa shape index (κ1) is 25.3. The summed E-state index contributed by atoms with van der Waals surface area (Å²) in [4.78, 5) is 16.5. The van der Waals surface area contributed by atoms with Crippen molar-refractivity contribution in [3.8, 4) is 33.9 Å². The Morgan fingerprint density at radius 1 is 0.878 bits per heavy atom. The molecule has 1 saturated heterocycles. The van der Waals surface area contributed by atoms with Gasteiger partial charge in [-0.15, -0.1) is 0 Å². The Labute approximate surface area is 239 Å². The molecule has 0 aliphatic carbocycles. The number of hydrogen-bond donors (Lipinski definition) is 1. The molecule has 0 spiro atoms. The van der Waals surface area contributed by atoms with Crippen molar-refractivity contribution in [2.24, 2.45) is 0 Å². The fourth-order valence-corrected chi connectivity index (χ4v) is 5.90. The summed E-state index contributed by atoms with van der Waals surface area (Å²) < 4.78 is 1.92. The van der Waals surface area contributed by atoms with Crippen LogP contribution in [-0.4, -0.2) is 52.8 Å². The summed E-state index contributed by atoms with van der Waals surface area (Å²) in [5.74, 6) is 2.05. The normalized spacial score (nSPS) is 14.6. The van der Waals surface area contributed by atoms with Crippen molar-refractivity contribution < 1.29 is 0 Å². The minimum atomic E-state index is 0.397. The number of imidazole rings is 1. The zero-order valence-electron chi connectivity index (χ0n) is 23.3. The number of aromatic amines is 1. The zero-order chi connectivity index (χ0) is 27.8. The van der Waals surface area contributed by atoms with E-state index in [0.29, 0.717) is 11.7 Å². The van der Waals surface area contributed by atoms with Gasteiger partial charge in [0.25, 0.3) is 0 Å². The second-order valence-corrected chi connectivity index (χ2v) is 10.9. The van der Waals surface area contributed by atoms with Gasteiger partial charge in [-0.3, -0.25) is 10.00 Å². The highest BCUT2D eigenvalue weighted by Crippen LogP contribution is 2.35. The van der Waals surface area contributed by atoms with Crippen LogP contribution in [0, 0.1) is 13.8 Å². The molecule has 1 aliphatic heterocycles. The van der Waals surface area contributed by atoms with Gasteiger partial charge < -0.3 is 0 Å². The molecule has 41 heavy (non-hydrogen) atoms. The number of hydrogen-bond acceptors (Lipinski definition) is 6. The molecule has 6 aromatic rings. The number of benzene rings is 2. The Morgan fingerprint density at radius 3 is 2.54 bits per heavy atom. The second kappa shape index (κ2) is 10.7. The van der Waals surface area contributed by atoms with Crippen molar-refractivity contribution in [2.45, 2.75) is 39.2 Å². The maximum atomic E-state index is 4.78. The number of rotatable bonds is 6. The molecule has 8 nitrogen and oxygen atoms in total. The maximum absolute atomic E-state index is 4.78. The van der Waals surface area contributed by atoms with E-state index >= 15 is 0 Å². The van der Waals surface area contributed by atoms with Crippen LogP contribution in [0.4, 0.5) is 0 Å². The lowest BCUT2D eigenvalue weighted by atomic mass is 9.93. The van der Waals surface area contributed by atoms with Crippen molar-refractivity contribution in [3.05, 3.63) is 108 Å². The summed E-state index contributed by atoms with van der Waals surface area (Å²) in [6.45, 7) is 7.15. The van der Waals surface area contributed by atoms with Gasteiger partial charge in [0.15, 0.2) is 11.5 Å². The number of piperidine rings is 1. The minimum absolute atomic E-state index is 0.397. The Balaban J connectivity index is 1.03. The van der Waals surface area contributed by atoms with E-state index in [-0.39, 0.29) is 0 Å². The van der Waals surface area contributed by atoms with Crippen molar-refractivity contribution in [1.29, 1.82) is 0 Å². The van der Waals surface area contributed by atoms with Crippen LogP contribution in [-0.2, 0) is 6.54 Å². The Hall–Kier alpha value is -4.69. The quantitative estimate of drug-likeness (QED) is 0.269. The molecular weight excluding hydrogens is 508 g/mol. The first-order valence-electron chi connectivity index (χ1n) is 14.2. The third-order valence-corrected chi connectivity index (χ3v) is 8.07.